The van der Waals surface area contributed by atoms with Crippen molar-refractivity contribution in [2.45, 2.75) is 25.5 Å². The van der Waals surface area contributed by atoms with Gasteiger partial charge in [-0.1, -0.05) is 0 Å². The molecule has 2 saturated heterocycles. The first kappa shape index (κ1) is 8.89. The van der Waals surface area contributed by atoms with Crippen molar-refractivity contribution in [3.05, 3.63) is 0 Å². The van der Waals surface area contributed by atoms with Crippen molar-refractivity contribution >= 4 is 5.91 Å². The minimum Gasteiger partial charge on any atom is -0.347 e. The molecule has 3 unspecified atom stereocenters. The second-order valence-electron chi connectivity index (χ2n) is 3.03. The molecular formula is C7H12N2O4. The third kappa shape index (κ3) is 1.66. The number of morpholine rings is 1. The van der Waals surface area contributed by atoms with Crippen LogP contribution in [-0.2, 0) is 14.3 Å². The first-order valence-electron chi connectivity index (χ1n) is 4.25. The molecule has 0 aromatic rings. The van der Waals surface area contributed by atoms with Crippen molar-refractivity contribution in [1.29, 1.82) is 0 Å². The molecule has 2 aliphatic heterocycles. The number of epoxide rings is 1. The van der Waals surface area contributed by atoms with E-state index in [-0.39, 0.29) is 31.6 Å². The summed E-state index contributed by atoms with van der Waals surface area (Å²) in [6, 6.07) is -0.492. The lowest BCUT2D eigenvalue weighted by molar-refractivity contribution is -0.169. The molecule has 74 valence electrons. The molecule has 6 heteroatoms. The Hall–Kier alpha value is -0.690. The molecule has 0 aromatic heterocycles. The molecule has 0 saturated carbocycles. The van der Waals surface area contributed by atoms with Gasteiger partial charge in [0.1, 0.15) is 6.04 Å². The molecule has 0 aromatic carbocycles. The first-order valence-corrected chi connectivity index (χ1v) is 4.25. The lowest BCUT2D eigenvalue weighted by Gasteiger charge is -2.23. The third-order valence-corrected chi connectivity index (χ3v) is 2.10. The number of fused-ring (bicyclic) bond motifs is 1. The van der Waals surface area contributed by atoms with Crippen molar-refractivity contribution < 1.29 is 19.5 Å². The van der Waals surface area contributed by atoms with Gasteiger partial charge >= 0.3 is 0 Å². The summed E-state index contributed by atoms with van der Waals surface area (Å²) in [6.45, 7) is 2.21. The van der Waals surface area contributed by atoms with E-state index in [9.17, 15) is 4.79 Å². The SMILES string of the molecule is CCN(O)C(=O)C1COC2OC2N1. The number of ether oxygens (including phenoxy) is 2. The highest BCUT2D eigenvalue weighted by atomic mass is 16.8. The van der Waals surface area contributed by atoms with Gasteiger partial charge in [-0.15, -0.1) is 0 Å². The molecule has 2 rings (SSSR count). The molecule has 6 nitrogen and oxygen atoms in total. The van der Waals surface area contributed by atoms with Gasteiger partial charge in [0.2, 0.25) is 0 Å². The summed E-state index contributed by atoms with van der Waals surface area (Å²) in [7, 11) is 0. The molecule has 13 heavy (non-hydrogen) atoms. The number of carbonyl (C=O) groups excluding carboxylic acids is 1. The highest BCUT2D eigenvalue weighted by molar-refractivity contribution is 5.81. The Morgan fingerprint density at radius 3 is 3.15 bits per heavy atom. The van der Waals surface area contributed by atoms with Gasteiger partial charge in [0.15, 0.2) is 12.5 Å². The number of hydroxylamine groups is 2. The Kier molecular flexibility index (Phi) is 2.20. The molecule has 2 heterocycles. The fraction of sp³-hybridized carbons (Fsp3) is 0.857. The number of hydrogen-bond donors (Lipinski definition) is 2. The van der Waals surface area contributed by atoms with Gasteiger partial charge in [0, 0.05) is 6.54 Å². The minimum atomic E-state index is -0.492. The van der Waals surface area contributed by atoms with Gasteiger partial charge in [-0.25, -0.2) is 5.06 Å². The average Bonchev–Trinajstić information content (AvgIpc) is 2.92. The zero-order valence-electron chi connectivity index (χ0n) is 7.27. The summed E-state index contributed by atoms with van der Waals surface area (Å²) in [5, 5.41) is 12.7. The molecular weight excluding hydrogens is 176 g/mol. The van der Waals surface area contributed by atoms with Crippen LogP contribution in [0.25, 0.3) is 0 Å². The minimum absolute atomic E-state index is 0.173. The van der Waals surface area contributed by atoms with E-state index >= 15 is 0 Å². The first-order chi connectivity index (χ1) is 6.22. The molecule has 3 atom stereocenters. The van der Waals surface area contributed by atoms with Crippen LogP contribution in [0.5, 0.6) is 0 Å². The van der Waals surface area contributed by atoms with Crippen molar-refractivity contribution in [3.63, 3.8) is 0 Å². The summed E-state index contributed by atoms with van der Waals surface area (Å²) in [4.78, 5) is 11.4. The zero-order valence-corrected chi connectivity index (χ0v) is 7.27. The second kappa shape index (κ2) is 3.22. The highest BCUT2D eigenvalue weighted by Crippen LogP contribution is 2.25. The van der Waals surface area contributed by atoms with Gasteiger partial charge in [0.05, 0.1) is 6.61 Å². The van der Waals surface area contributed by atoms with Gasteiger partial charge in [-0.2, -0.15) is 0 Å². The number of likely N-dealkylation sites (N-methyl/N-ethyl adjacent to an activating group) is 1. The normalized spacial score (nSPS) is 36.6. The number of amides is 1. The Balaban J connectivity index is 1.89. The molecule has 0 bridgehead atoms. The molecule has 2 aliphatic rings. The van der Waals surface area contributed by atoms with Crippen LogP contribution in [0.15, 0.2) is 0 Å². The molecule has 0 spiro atoms. The van der Waals surface area contributed by atoms with E-state index in [1.54, 1.807) is 6.92 Å². The van der Waals surface area contributed by atoms with E-state index in [0.29, 0.717) is 5.06 Å². The summed E-state index contributed by atoms with van der Waals surface area (Å²) in [6.07, 6.45) is -0.370. The number of hydrogen-bond acceptors (Lipinski definition) is 5. The average molecular weight is 188 g/mol. The van der Waals surface area contributed by atoms with Crippen LogP contribution in [0.1, 0.15) is 6.92 Å². The summed E-state index contributed by atoms with van der Waals surface area (Å²) in [5.74, 6) is -0.378. The van der Waals surface area contributed by atoms with Crippen LogP contribution in [0.4, 0.5) is 0 Å². The van der Waals surface area contributed by atoms with Crippen molar-refractivity contribution in [2.24, 2.45) is 0 Å². The van der Waals surface area contributed by atoms with E-state index in [4.69, 9.17) is 14.7 Å². The summed E-state index contributed by atoms with van der Waals surface area (Å²) in [5.41, 5.74) is 0. The Labute approximate surface area is 75.4 Å². The lowest BCUT2D eigenvalue weighted by atomic mass is 10.2. The number of carbonyl (C=O) groups is 1. The third-order valence-electron chi connectivity index (χ3n) is 2.10. The topological polar surface area (TPSA) is 74.3 Å². The van der Waals surface area contributed by atoms with Crippen LogP contribution in [0.3, 0.4) is 0 Å². The van der Waals surface area contributed by atoms with Crippen LogP contribution in [0.2, 0.25) is 0 Å². The summed E-state index contributed by atoms with van der Waals surface area (Å²) < 4.78 is 10.1. The fourth-order valence-corrected chi connectivity index (χ4v) is 1.26. The molecule has 2 fully saturated rings. The van der Waals surface area contributed by atoms with Crippen LogP contribution in [0, 0.1) is 0 Å². The van der Waals surface area contributed by atoms with Crippen LogP contribution >= 0.6 is 0 Å². The number of nitrogens with one attached hydrogen (secondary N) is 1. The van der Waals surface area contributed by atoms with Crippen molar-refractivity contribution in [2.75, 3.05) is 13.2 Å². The van der Waals surface area contributed by atoms with E-state index in [1.165, 1.54) is 0 Å². The smallest absolute Gasteiger partial charge is 0.265 e. The van der Waals surface area contributed by atoms with E-state index in [1.807, 2.05) is 0 Å². The highest BCUT2D eigenvalue weighted by Gasteiger charge is 2.47. The van der Waals surface area contributed by atoms with Gasteiger partial charge in [0.25, 0.3) is 5.91 Å². The lowest BCUT2D eigenvalue weighted by Crippen LogP contribution is -2.51. The number of nitrogens with zero attached hydrogens (tertiary/aromatic N) is 1. The maximum Gasteiger partial charge on any atom is 0.265 e. The zero-order chi connectivity index (χ0) is 9.42. The predicted octanol–water partition coefficient (Wildman–Crippen LogP) is -1.11. The van der Waals surface area contributed by atoms with Gasteiger partial charge in [-0.05, 0) is 6.92 Å². The maximum atomic E-state index is 11.4. The van der Waals surface area contributed by atoms with Gasteiger partial charge in [-0.3, -0.25) is 15.3 Å². The molecule has 1 amide bonds. The Morgan fingerprint density at radius 1 is 1.77 bits per heavy atom. The standard InChI is InChI=1S/C7H12N2O4/c1-2-9(11)6(10)4-3-12-7-5(8-4)13-7/h4-5,7-8,11H,2-3H2,1H3. The maximum absolute atomic E-state index is 11.4. The largest absolute Gasteiger partial charge is 0.347 e. The monoisotopic (exact) mass is 188 g/mol. The second-order valence-corrected chi connectivity index (χ2v) is 3.03. The van der Waals surface area contributed by atoms with E-state index in [0.717, 1.165) is 0 Å². The van der Waals surface area contributed by atoms with Crippen molar-refractivity contribution in [3.8, 4) is 0 Å². The molecule has 2 N–H and O–H groups in total. The fourth-order valence-electron chi connectivity index (χ4n) is 1.26. The van der Waals surface area contributed by atoms with Crippen molar-refractivity contribution in [1.82, 2.24) is 10.4 Å². The molecule has 0 radical (unpaired) electrons. The quantitative estimate of drug-likeness (QED) is 0.327. The van der Waals surface area contributed by atoms with Gasteiger partial charge < -0.3 is 9.47 Å². The number of rotatable bonds is 2. The summed E-state index contributed by atoms with van der Waals surface area (Å²) >= 11 is 0. The van der Waals surface area contributed by atoms with E-state index in [2.05, 4.69) is 5.32 Å². The van der Waals surface area contributed by atoms with Crippen LogP contribution in [-0.4, -0.2) is 47.9 Å². The Morgan fingerprint density at radius 2 is 2.54 bits per heavy atom. The predicted molar refractivity (Wildman–Crippen MR) is 40.7 cm³/mol. The van der Waals surface area contributed by atoms with E-state index < -0.39 is 6.04 Å². The van der Waals surface area contributed by atoms with Crippen LogP contribution < -0.4 is 5.32 Å². The molecule has 0 aliphatic carbocycles. The Bertz CT molecular complexity index is 223.